The molecule has 6 nitrogen and oxygen atoms in total. The lowest BCUT2D eigenvalue weighted by atomic mass is 9.87. The van der Waals surface area contributed by atoms with Crippen LogP contribution in [0.5, 0.6) is 0 Å². The Morgan fingerprint density at radius 2 is 2.11 bits per heavy atom. The summed E-state index contributed by atoms with van der Waals surface area (Å²) in [6.45, 7) is 2.30. The quantitative estimate of drug-likeness (QED) is 0.633. The highest BCUT2D eigenvalue weighted by Crippen LogP contribution is 2.36. The Bertz CT molecular complexity index is 361. The molecule has 1 heterocycles. The van der Waals surface area contributed by atoms with Crippen molar-refractivity contribution in [1.29, 1.82) is 0 Å². The Morgan fingerprint density at radius 1 is 1.33 bits per heavy atom. The van der Waals surface area contributed by atoms with E-state index in [1.54, 1.807) is 4.68 Å². The smallest absolute Gasteiger partial charge is 0.0964 e. The zero-order valence-corrected chi connectivity index (χ0v) is 10.7. The highest BCUT2D eigenvalue weighted by Gasteiger charge is 2.32. The fraction of sp³-hybridized carbons (Fsp3) is 0.833. The molecular formula is C12H22N4O2. The van der Waals surface area contributed by atoms with Gasteiger partial charge in [0.2, 0.25) is 0 Å². The number of aliphatic hydroxyl groups excluding tert-OH is 2. The third kappa shape index (κ3) is 3.28. The second-order valence-electron chi connectivity index (χ2n) is 5.17. The van der Waals surface area contributed by atoms with E-state index in [-0.39, 0.29) is 18.6 Å². The summed E-state index contributed by atoms with van der Waals surface area (Å²) >= 11 is 0. The molecule has 0 unspecified atom stereocenters. The maximum atomic E-state index is 9.49. The Morgan fingerprint density at radius 3 is 2.78 bits per heavy atom. The largest absolute Gasteiger partial charge is 0.396 e. The summed E-state index contributed by atoms with van der Waals surface area (Å²) < 4.78 is 1.63. The molecule has 102 valence electrons. The van der Waals surface area contributed by atoms with Crippen molar-refractivity contribution in [3.05, 3.63) is 11.9 Å². The average molecular weight is 254 g/mol. The molecule has 0 radical (unpaired) electrons. The van der Waals surface area contributed by atoms with Crippen molar-refractivity contribution in [3.8, 4) is 0 Å². The van der Waals surface area contributed by atoms with E-state index < -0.39 is 0 Å². The van der Waals surface area contributed by atoms with E-state index in [1.165, 1.54) is 12.8 Å². The Kier molecular flexibility index (Phi) is 4.68. The maximum absolute atomic E-state index is 9.49. The molecule has 3 N–H and O–H groups in total. The summed E-state index contributed by atoms with van der Waals surface area (Å²) in [4.78, 5) is 0. The van der Waals surface area contributed by atoms with Crippen LogP contribution in [0.4, 0.5) is 0 Å². The van der Waals surface area contributed by atoms with E-state index >= 15 is 0 Å². The number of aromatic nitrogens is 3. The highest BCUT2D eigenvalue weighted by atomic mass is 16.3. The number of hydrogen-bond acceptors (Lipinski definition) is 5. The Labute approximate surface area is 107 Å². The minimum absolute atomic E-state index is 0.0705. The van der Waals surface area contributed by atoms with Gasteiger partial charge in [-0.25, -0.2) is 4.68 Å². The zero-order valence-electron chi connectivity index (χ0n) is 10.7. The number of nitrogens with zero attached hydrogens (tertiary/aromatic N) is 3. The summed E-state index contributed by atoms with van der Waals surface area (Å²) in [5, 5.41) is 29.6. The number of rotatable bonds is 7. The minimum Gasteiger partial charge on any atom is -0.396 e. The zero-order chi connectivity index (χ0) is 12.8. The molecule has 6 heteroatoms. The van der Waals surface area contributed by atoms with Gasteiger partial charge in [-0.05, 0) is 12.8 Å². The van der Waals surface area contributed by atoms with Crippen LogP contribution in [0.3, 0.4) is 0 Å². The van der Waals surface area contributed by atoms with Gasteiger partial charge in [0.25, 0.3) is 0 Å². The first-order valence-electron chi connectivity index (χ1n) is 6.59. The van der Waals surface area contributed by atoms with Crippen molar-refractivity contribution in [2.45, 2.75) is 38.8 Å². The predicted octanol–water partition coefficient (Wildman–Crippen LogP) is -0.0873. The van der Waals surface area contributed by atoms with Gasteiger partial charge in [0.15, 0.2) is 0 Å². The van der Waals surface area contributed by atoms with Crippen LogP contribution in [0.2, 0.25) is 0 Å². The second-order valence-corrected chi connectivity index (χ2v) is 5.17. The molecule has 0 bridgehead atoms. The normalized spacial score (nSPS) is 18.3. The first-order chi connectivity index (χ1) is 8.78. The van der Waals surface area contributed by atoms with Gasteiger partial charge in [0.05, 0.1) is 18.8 Å². The van der Waals surface area contributed by atoms with E-state index in [0.717, 1.165) is 25.1 Å². The lowest BCUT2D eigenvalue weighted by Crippen LogP contribution is -2.34. The molecule has 1 aromatic heterocycles. The van der Waals surface area contributed by atoms with Crippen LogP contribution >= 0.6 is 0 Å². The first kappa shape index (κ1) is 13.5. The Balaban J connectivity index is 1.76. The SMILES string of the molecule is OCCn1cc(CNCC2(CO)CCCC2)nn1. The van der Waals surface area contributed by atoms with Crippen molar-refractivity contribution >= 4 is 0 Å². The molecule has 0 atom stereocenters. The van der Waals surface area contributed by atoms with E-state index in [9.17, 15) is 5.11 Å². The molecule has 0 saturated heterocycles. The average Bonchev–Trinajstić information content (AvgIpc) is 3.00. The fourth-order valence-corrected chi connectivity index (χ4v) is 2.60. The topological polar surface area (TPSA) is 83.2 Å². The van der Waals surface area contributed by atoms with Gasteiger partial charge in [-0.3, -0.25) is 0 Å². The number of aliphatic hydroxyl groups is 2. The standard InChI is InChI=1S/C12H22N4O2/c17-6-5-16-8-11(14-15-16)7-13-9-12(10-18)3-1-2-4-12/h8,13,17-18H,1-7,9-10H2. The van der Waals surface area contributed by atoms with Gasteiger partial charge in [-0.1, -0.05) is 18.1 Å². The van der Waals surface area contributed by atoms with Crippen molar-refractivity contribution in [2.75, 3.05) is 19.8 Å². The van der Waals surface area contributed by atoms with Gasteiger partial charge in [-0.2, -0.15) is 0 Å². The summed E-state index contributed by atoms with van der Waals surface area (Å²) in [6, 6.07) is 0. The summed E-state index contributed by atoms with van der Waals surface area (Å²) in [7, 11) is 0. The Hall–Kier alpha value is -0.980. The van der Waals surface area contributed by atoms with E-state index in [0.29, 0.717) is 13.1 Å². The summed E-state index contributed by atoms with van der Waals surface area (Å²) in [6.07, 6.45) is 6.48. The summed E-state index contributed by atoms with van der Waals surface area (Å²) in [5.41, 5.74) is 0.940. The molecule has 0 aliphatic heterocycles. The molecular weight excluding hydrogens is 232 g/mol. The van der Waals surface area contributed by atoms with Crippen molar-refractivity contribution in [1.82, 2.24) is 20.3 Å². The number of hydrogen-bond donors (Lipinski definition) is 3. The molecule has 1 fully saturated rings. The van der Waals surface area contributed by atoms with Crippen molar-refractivity contribution in [2.24, 2.45) is 5.41 Å². The first-order valence-corrected chi connectivity index (χ1v) is 6.59. The lowest BCUT2D eigenvalue weighted by molar-refractivity contribution is 0.128. The van der Waals surface area contributed by atoms with Crippen LogP contribution in [0.15, 0.2) is 6.20 Å². The molecule has 1 aromatic rings. The van der Waals surface area contributed by atoms with E-state index in [2.05, 4.69) is 15.6 Å². The third-order valence-electron chi connectivity index (χ3n) is 3.72. The predicted molar refractivity (Wildman–Crippen MR) is 66.8 cm³/mol. The lowest BCUT2D eigenvalue weighted by Gasteiger charge is -2.26. The third-order valence-corrected chi connectivity index (χ3v) is 3.72. The van der Waals surface area contributed by atoms with Crippen LogP contribution < -0.4 is 5.32 Å². The van der Waals surface area contributed by atoms with Gasteiger partial charge in [0.1, 0.15) is 0 Å². The second kappa shape index (κ2) is 6.26. The molecule has 2 rings (SSSR count). The van der Waals surface area contributed by atoms with E-state index in [1.807, 2.05) is 6.20 Å². The van der Waals surface area contributed by atoms with Gasteiger partial charge >= 0.3 is 0 Å². The molecule has 0 spiro atoms. The molecule has 1 aliphatic carbocycles. The van der Waals surface area contributed by atoms with Crippen LogP contribution in [-0.4, -0.2) is 45.0 Å². The van der Waals surface area contributed by atoms with Crippen LogP contribution in [0, 0.1) is 5.41 Å². The van der Waals surface area contributed by atoms with Gasteiger partial charge in [0, 0.05) is 31.3 Å². The van der Waals surface area contributed by atoms with Crippen LogP contribution in [0.25, 0.3) is 0 Å². The minimum atomic E-state index is 0.0705. The van der Waals surface area contributed by atoms with Gasteiger partial charge in [-0.15, -0.1) is 5.10 Å². The molecule has 0 amide bonds. The van der Waals surface area contributed by atoms with Crippen molar-refractivity contribution < 1.29 is 10.2 Å². The van der Waals surface area contributed by atoms with Crippen LogP contribution in [0.1, 0.15) is 31.4 Å². The molecule has 1 aliphatic rings. The van der Waals surface area contributed by atoms with Crippen molar-refractivity contribution in [3.63, 3.8) is 0 Å². The molecule has 1 saturated carbocycles. The maximum Gasteiger partial charge on any atom is 0.0964 e. The number of nitrogens with one attached hydrogen (secondary N) is 1. The fourth-order valence-electron chi connectivity index (χ4n) is 2.60. The molecule has 0 aromatic carbocycles. The molecule has 18 heavy (non-hydrogen) atoms. The van der Waals surface area contributed by atoms with Crippen LogP contribution in [-0.2, 0) is 13.1 Å². The summed E-state index contributed by atoms with van der Waals surface area (Å²) in [5.74, 6) is 0. The monoisotopic (exact) mass is 254 g/mol. The van der Waals surface area contributed by atoms with Gasteiger partial charge < -0.3 is 15.5 Å². The highest BCUT2D eigenvalue weighted by molar-refractivity contribution is 4.93. The van der Waals surface area contributed by atoms with E-state index in [4.69, 9.17) is 5.11 Å².